The molecule has 1 N–H and O–H groups in total. The maximum atomic E-state index is 12.0. The molecule has 3 aromatic rings. The van der Waals surface area contributed by atoms with E-state index in [9.17, 15) is 9.90 Å². The van der Waals surface area contributed by atoms with Gasteiger partial charge >= 0.3 is 5.91 Å². The molecule has 8 heteroatoms. The number of carbonyl (C=O) groups is 1. The Morgan fingerprint density at radius 3 is 2.58 bits per heavy atom. The predicted octanol–water partition coefficient (Wildman–Crippen LogP) is 4.45. The number of oxime groups is 1. The Labute approximate surface area is 180 Å². The van der Waals surface area contributed by atoms with Crippen LogP contribution in [0.25, 0.3) is 10.9 Å². The first-order valence-corrected chi connectivity index (χ1v) is 10.4. The van der Waals surface area contributed by atoms with E-state index in [1.165, 1.54) is 12.6 Å². The molecule has 0 spiro atoms. The smallest absolute Gasteiger partial charge is 0.304 e. The van der Waals surface area contributed by atoms with Crippen molar-refractivity contribution in [3.8, 4) is 5.88 Å². The molecule has 1 amide bonds. The molecule has 0 atom stereocenters. The average molecular weight is 419 g/mol. The Morgan fingerprint density at radius 2 is 1.77 bits per heavy atom. The maximum absolute atomic E-state index is 12.0. The van der Waals surface area contributed by atoms with Crippen LogP contribution in [0.1, 0.15) is 24.8 Å². The predicted molar refractivity (Wildman–Crippen MR) is 119 cm³/mol. The molecule has 1 aliphatic rings. The lowest BCUT2D eigenvalue weighted by Gasteiger charge is -2.27. The molecular formula is C23H25N5O3. The van der Waals surface area contributed by atoms with Crippen molar-refractivity contribution in [3.05, 3.63) is 60.2 Å². The highest BCUT2D eigenvalue weighted by molar-refractivity contribution is 5.95. The van der Waals surface area contributed by atoms with Crippen LogP contribution in [0.5, 0.6) is 5.88 Å². The van der Waals surface area contributed by atoms with Crippen LogP contribution in [0.4, 0.5) is 5.69 Å². The zero-order chi connectivity index (χ0) is 21.5. The molecule has 1 fully saturated rings. The molecule has 160 valence electrons. The van der Waals surface area contributed by atoms with E-state index in [-0.39, 0.29) is 18.2 Å². The van der Waals surface area contributed by atoms with E-state index in [4.69, 9.17) is 4.84 Å². The molecule has 0 saturated carbocycles. The highest BCUT2D eigenvalue weighted by Gasteiger charge is 2.19. The molecule has 0 bridgehead atoms. The number of likely N-dealkylation sites (tertiary alicyclic amines) is 1. The molecule has 1 aromatic heterocycles. The van der Waals surface area contributed by atoms with Gasteiger partial charge in [0.25, 0.3) is 0 Å². The Morgan fingerprint density at radius 1 is 1.03 bits per heavy atom. The van der Waals surface area contributed by atoms with Gasteiger partial charge in [0, 0.05) is 5.39 Å². The zero-order valence-electron chi connectivity index (χ0n) is 17.2. The minimum absolute atomic E-state index is 0.00587. The van der Waals surface area contributed by atoms with E-state index in [0.29, 0.717) is 6.67 Å². The molecule has 31 heavy (non-hydrogen) atoms. The zero-order valence-corrected chi connectivity index (χ0v) is 17.2. The molecule has 1 saturated heterocycles. The SMILES string of the molecule is O=C(CO/N=C\c1ccccc1)N=Nc1c(O)n(CN2CCCCC2)c2ccccc12. The third-order valence-corrected chi connectivity index (χ3v) is 5.23. The Bertz CT molecular complexity index is 1090. The largest absolute Gasteiger partial charge is 0.493 e. The van der Waals surface area contributed by atoms with E-state index in [0.717, 1.165) is 42.4 Å². The molecule has 1 aliphatic heterocycles. The maximum Gasteiger partial charge on any atom is 0.304 e. The number of hydrogen-bond acceptors (Lipinski definition) is 6. The fourth-order valence-electron chi connectivity index (χ4n) is 3.68. The highest BCUT2D eigenvalue weighted by Crippen LogP contribution is 2.39. The molecule has 8 nitrogen and oxygen atoms in total. The second kappa shape index (κ2) is 9.99. The molecule has 2 aromatic carbocycles. The minimum Gasteiger partial charge on any atom is -0.493 e. The quantitative estimate of drug-likeness (QED) is 0.348. The van der Waals surface area contributed by atoms with Crippen molar-refractivity contribution in [2.24, 2.45) is 15.4 Å². The number of para-hydroxylation sites is 1. The molecule has 0 aliphatic carbocycles. The molecule has 4 rings (SSSR count). The number of azo groups is 1. The van der Waals surface area contributed by atoms with Crippen LogP contribution < -0.4 is 0 Å². The number of fused-ring (bicyclic) bond motifs is 1. The Kier molecular flexibility index (Phi) is 6.68. The van der Waals surface area contributed by atoms with Crippen LogP contribution >= 0.6 is 0 Å². The average Bonchev–Trinajstić information content (AvgIpc) is 3.07. The number of hydrogen-bond donors (Lipinski definition) is 1. The van der Waals surface area contributed by atoms with Crippen LogP contribution in [0.3, 0.4) is 0 Å². The molecular weight excluding hydrogens is 394 g/mol. The first-order chi connectivity index (χ1) is 15.2. The van der Waals surface area contributed by atoms with Gasteiger partial charge in [-0.25, -0.2) is 0 Å². The first kappa shape index (κ1) is 20.7. The summed E-state index contributed by atoms with van der Waals surface area (Å²) in [6.45, 7) is 2.25. The van der Waals surface area contributed by atoms with E-state index in [2.05, 4.69) is 20.3 Å². The lowest BCUT2D eigenvalue weighted by atomic mass is 10.1. The van der Waals surface area contributed by atoms with Crippen molar-refractivity contribution in [2.45, 2.75) is 25.9 Å². The van der Waals surface area contributed by atoms with Crippen molar-refractivity contribution >= 4 is 28.7 Å². The summed E-state index contributed by atoms with van der Waals surface area (Å²) in [7, 11) is 0. The van der Waals surface area contributed by atoms with Gasteiger partial charge in [-0.3, -0.25) is 14.3 Å². The summed E-state index contributed by atoms with van der Waals surface area (Å²) in [5, 5.41) is 23.1. The van der Waals surface area contributed by atoms with Gasteiger partial charge in [-0.15, -0.1) is 10.2 Å². The number of aromatic nitrogens is 1. The van der Waals surface area contributed by atoms with Crippen LogP contribution in [-0.4, -0.2) is 46.4 Å². The van der Waals surface area contributed by atoms with Crippen molar-refractivity contribution in [1.82, 2.24) is 9.47 Å². The summed E-state index contributed by atoms with van der Waals surface area (Å²) in [5.74, 6) is -0.580. The summed E-state index contributed by atoms with van der Waals surface area (Å²) in [6.07, 6.45) is 5.08. The van der Waals surface area contributed by atoms with Gasteiger partial charge < -0.3 is 9.94 Å². The summed E-state index contributed by atoms with van der Waals surface area (Å²) >= 11 is 0. The van der Waals surface area contributed by atoms with Crippen molar-refractivity contribution in [2.75, 3.05) is 19.7 Å². The van der Waals surface area contributed by atoms with Gasteiger partial charge in [-0.1, -0.05) is 60.1 Å². The second-order valence-corrected chi connectivity index (χ2v) is 7.45. The summed E-state index contributed by atoms with van der Waals surface area (Å²) in [6, 6.07) is 17.0. The normalized spacial score (nSPS) is 15.2. The van der Waals surface area contributed by atoms with Gasteiger partial charge in [0.1, 0.15) is 0 Å². The minimum atomic E-state index is -0.586. The Balaban J connectivity index is 1.44. The van der Waals surface area contributed by atoms with Crippen LogP contribution in [0.2, 0.25) is 0 Å². The number of piperidine rings is 1. The van der Waals surface area contributed by atoms with Gasteiger partial charge in [0.15, 0.2) is 12.3 Å². The second-order valence-electron chi connectivity index (χ2n) is 7.45. The topological polar surface area (TPSA) is 91.8 Å². The lowest BCUT2D eigenvalue weighted by molar-refractivity contribution is -0.122. The summed E-state index contributed by atoms with van der Waals surface area (Å²) in [4.78, 5) is 19.4. The number of nitrogens with zero attached hydrogens (tertiary/aromatic N) is 5. The van der Waals surface area contributed by atoms with E-state index in [1.807, 2.05) is 59.2 Å². The third kappa shape index (κ3) is 5.16. The first-order valence-electron chi connectivity index (χ1n) is 10.4. The van der Waals surface area contributed by atoms with Crippen LogP contribution in [0, 0.1) is 0 Å². The lowest BCUT2D eigenvalue weighted by Crippen LogP contribution is -2.31. The van der Waals surface area contributed by atoms with Crippen molar-refractivity contribution in [1.29, 1.82) is 0 Å². The van der Waals surface area contributed by atoms with Crippen molar-refractivity contribution in [3.63, 3.8) is 0 Å². The van der Waals surface area contributed by atoms with Crippen molar-refractivity contribution < 1.29 is 14.7 Å². The van der Waals surface area contributed by atoms with Gasteiger partial charge in [-0.05, 0) is 37.6 Å². The van der Waals surface area contributed by atoms with E-state index < -0.39 is 5.91 Å². The van der Waals surface area contributed by atoms with E-state index >= 15 is 0 Å². The number of carbonyl (C=O) groups excluding carboxylic acids is 1. The number of benzene rings is 2. The van der Waals surface area contributed by atoms with Gasteiger partial charge in [-0.2, -0.15) is 0 Å². The van der Waals surface area contributed by atoms with Gasteiger partial charge in [0.2, 0.25) is 5.88 Å². The standard InChI is InChI=1S/C23H25N5O3/c29-21(16-31-24-15-18-9-3-1-4-10-18)25-26-22-19-11-5-6-12-20(19)28(23(22)30)17-27-13-7-2-8-14-27/h1,3-6,9-12,15,30H,2,7-8,13-14,16-17H2/b24-15-,26-25?. The summed E-state index contributed by atoms with van der Waals surface area (Å²) in [5.41, 5.74) is 2.01. The number of aromatic hydroxyl groups is 1. The fourth-order valence-corrected chi connectivity index (χ4v) is 3.68. The number of amides is 1. The van der Waals surface area contributed by atoms with Crippen LogP contribution in [0.15, 0.2) is 70.0 Å². The fraction of sp³-hybridized carbons (Fsp3) is 0.304. The third-order valence-electron chi connectivity index (χ3n) is 5.23. The summed E-state index contributed by atoms with van der Waals surface area (Å²) < 4.78 is 1.82. The molecule has 0 radical (unpaired) electrons. The monoisotopic (exact) mass is 419 g/mol. The van der Waals surface area contributed by atoms with Crippen LogP contribution in [-0.2, 0) is 16.3 Å². The highest BCUT2D eigenvalue weighted by atomic mass is 16.6. The molecule has 0 unspecified atom stereocenters. The number of rotatable bonds is 7. The molecule has 2 heterocycles. The Hall–Kier alpha value is -3.52. The van der Waals surface area contributed by atoms with E-state index in [1.54, 1.807) is 0 Å². The van der Waals surface area contributed by atoms with Gasteiger partial charge in [0.05, 0.1) is 18.4 Å².